The molecular weight excluding hydrogens is 356 g/mol. The molecule has 28 heavy (non-hydrogen) atoms. The fourth-order valence-electron chi connectivity index (χ4n) is 2.69. The quantitative estimate of drug-likeness (QED) is 0.654. The third-order valence-electron chi connectivity index (χ3n) is 4.27. The van der Waals surface area contributed by atoms with E-state index in [1.54, 1.807) is 60.5 Å². The summed E-state index contributed by atoms with van der Waals surface area (Å²) in [4.78, 5) is 37.8. The first-order chi connectivity index (χ1) is 13.5. The van der Waals surface area contributed by atoms with E-state index < -0.39 is 0 Å². The first kappa shape index (κ1) is 21.0. The SMILES string of the molecule is CCN(CC)C(=O)c1ccc(NC(=O)CNc2cccc(C(=O)NC)c2)cc1. The number of amides is 3. The summed E-state index contributed by atoms with van der Waals surface area (Å²) in [6.45, 7) is 5.24. The van der Waals surface area contributed by atoms with Crippen molar-refractivity contribution in [1.29, 1.82) is 0 Å². The summed E-state index contributed by atoms with van der Waals surface area (Å²) in [7, 11) is 1.57. The number of hydrogen-bond donors (Lipinski definition) is 3. The van der Waals surface area contributed by atoms with Crippen LogP contribution in [0, 0.1) is 0 Å². The Bertz CT molecular complexity index is 830. The number of carbonyl (C=O) groups is 3. The lowest BCUT2D eigenvalue weighted by atomic mass is 10.1. The molecule has 148 valence electrons. The Morgan fingerprint density at radius 1 is 0.893 bits per heavy atom. The molecule has 0 heterocycles. The van der Waals surface area contributed by atoms with Gasteiger partial charge in [0.25, 0.3) is 11.8 Å². The molecule has 0 aliphatic rings. The van der Waals surface area contributed by atoms with E-state index in [1.807, 2.05) is 13.8 Å². The second kappa shape index (κ2) is 10.1. The van der Waals surface area contributed by atoms with Gasteiger partial charge in [0.1, 0.15) is 0 Å². The first-order valence-corrected chi connectivity index (χ1v) is 9.23. The van der Waals surface area contributed by atoms with Gasteiger partial charge in [-0.25, -0.2) is 0 Å². The van der Waals surface area contributed by atoms with Crippen molar-refractivity contribution >= 4 is 29.1 Å². The zero-order valence-corrected chi connectivity index (χ0v) is 16.4. The van der Waals surface area contributed by atoms with Crippen LogP contribution >= 0.6 is 0 Å². The van der Waals surface area contributed by atoms with E-state index in [-0.39, 0.29) is 24.3 Å². The molecule has 0 aromatic heterocycles. The van der Waals surface area contributed by atoms with Crippen LogP contribution in [0.5, 0.6) is 0 Å². The van der Waals surface area contributed by atoms with Crippen molar-refractivity contribution < 1.29 is 14.4 Å². The van der Waals surface area contributed by atoms with Crippen molar-refractivity contribution in [2.45, 2.75) is 13.8 Å². The molecule has 0 bridgehead atoms. The molecule has 3 amide bonds. The van der Waals surface area contributed by atoms with Gasteiger partial charge in [0.15, 0.2) is 0 Å². The zero-order valence-electron chi connectivity index (χ0n) is 16.4. The summed E-state index contributed by atoms with van der Waals surface area (Å²) in [5.74, 6) is -0.443. The highest BCUT2D eigenvalue weighted by Crippen LogP contribution is 2.13. The Hall–Kier alpha value is -3.35. The van der Waals surface area contributed by atoms with Crippen molar-refractivity contribution in [2.75, 3.05) is 37.3 Å². The third-order valence-corrected chi connectivity index (χ3v) is 4.27. The topological polar surface area (TPSA) is 90.5 Å². The molecule has 0 saturated heterocycles. The van der Waals surface area contributed by atoms with Crippen LogP contribution in [0.2, 0.25) is 0 Å². The number of anilines is 2. The van der Waals surface area contributed by atoms with Crippen molar-refractivity contribution in [1.82, 2.24) is 10.2 Å². The smallest absolute Gasteiger partial charge is 0.253 e. The van der Waals surface area contributed by atoms with E-state index in [0.29, 0.717) is 35.6 Å². The number of rotatable bonds is 8. The molecule has 0 aliphatic carbocycles. The van der Waals surface area contributed by atoms with E-state index in [4.69, 9.17) is 0 Å². The average molecular weight is 382 g/mol. The average Bonchev–Trinajstić information content (AvgIpc) is 2.73. The number of hydrogen-bond acceptors (Lipinski definition) is 4. The Balaban J connectivity index is 1.91. The van der Waals surface area contributed by atoms with Gasteiger partial charge in [0.05, 0.1) is 6.54 Å². The minimum Gasteiger partial charge on any atom is -0.376 e. The van der Waals surface area contributed by atoms with Crippen LogP contribution in [-0.2, 0) is 4.79 Å². The van der Waals surface area contributed by atoms with E-state index in [9.17, 15) is 14.4 Å². The highest BCUT2D eigenvalue weighted by molar-refractivity contribution is 5.97. The van der Waals surface area contributed by atoms with Gasteiger partial charge < -0.3 is 20.9 Å². The van der Waals surface area contributed by atoms with Crippen LogP contribution in [0.4, 0.5) is 11.4 Å². The van der Waals surface area contributed by atoms with Crippen LogP contribution in [0.15, 0.2) is 48.5 Å². The van der Waals surface area contributed by atoms with Gasteiger partial charge in [-0.2, -0.15) is 0 Å². The van der Waals surface area contributed by atoms with Gasteiger partial charge in [0.2, 0.25) is 5.91 Å². The van der Waals surface area contributed by atoms with E-state index in [2.05, 4.69) is 16.0 Å². The van der Waals surface area contributed by atoms with E-state index in [0.717, 1.165) is 0 Å². The van der Waals surface area contributed by atoms with Crippen molar-refractivity contribution in [2.24, 2.45) is 0 Å². The third kappa shape index (κ3) is 5.57. The minimum atomic E-state index is -0.229. The van der Waals surface area contributed by atoms with Crippen LogP contribution in [0.1, 0.15) is 34.6 Å². The van der Waals surface area contributed by atoms with Crippen LogP contribution in [-0.4, -0.2) is 49.3 Å². The largest absolute Gasteiger partial charge is 0.376 e. The van der Waals surface area contributed by atoms with Crippen LogP contribution < -0.4 is 16.0 Å². The van der Waals surface area contributed by atoms with Crippen molar-refractivity contribution in [3.05, 3.63) is 59.7 Å². The number of benzene rings is 2. The molecular formula is C21H26N4O3. The van der Waals surface area contributed by atoms with E-state index in [1.165, 1.54) is 0 Å². The lowest BCUT2D eigenvalue weighted by molar-refractivity contribution is -0.114. The predicted octanol–water partition coefficient (Wildman–Crippen LogP) is 2.58. The first-order valence-electron chi connectivity index (χ1n) is 9.23. The highest BCUT2D eigenvalue weighted by Gasteiger charge is 2.12. The summed E-state index contributed by atoms with van der Waals surface area (Å²) in [5.41, 5.74) is 2.39. The van der Waals surface area contributed by atoms with Gasteiger partial charge in [-0.05, 0) is 56.3 Å². The number of nitrogens with one attached hydrogen (secondary N) is 3. The second-order valence-electron chi connectivity index (χ2n) is 6.12. The van der Waals surface area contributed by atoms with E-state index >= 15 is 0 Å². The molecule has 2 aromatic rings. The Morgan fingerprint density at radius 2 is 1.57 bits per heavy atom. The summed E-state index contributed by atoms with van der Waals surface area (Å²) in [6, 6.07) is 13.7. The Morgan fingerprint density at radius 3 is 2.18 bits per heavy atom. The van der Waals surface area contributed by atoms with Gasteiger partial charge in [-0.1, -0.05) is 6.07 Å². The summed E-state index contributed by atoms with van der Waals surface area (Å²) >= 11 is 0. The maximum Gasteiger partial charge on any atom is 0.253 e. The van der Waals surface area contributed by atoms with Gasteiger partial charge in [-0.3, -0.25) is 14.4 Å². The normalized spacial score (nSPS) is 10.1. The van der Waals surface area contributed by atoms with Gasteiger partial charge >= 0.3 is 0 Å². The fraction of sp³-hybridized carbons (Fsp3) is 0.286. The lowest BCUT2D eigenvalue weighted by Gasteiger charge is -2.18. The lowest BCUT2D eigenvalue weighted by Crippen LogP contribution is -2.30. The van der Waals surface area contributed by atoms with Crippen molar-refractivity contribution in [3.8, 4) is 0 Å². The minimum absolute atomic E-state index is 0.0273. The Labute approximate surface area is 165 Å². The standard InChI is InChI=1S/C21H26N4O3/c1-4-25(5-2)21(28)15-9-11-17(12-10-15)24-19(26)14-23-18-8-6-7-16(13-18)20(27)22-3/h6-13,23H,4-5,14H2,1-3H3,(H,22,27)(H,24,26). The summed E-state index contributed by atoms with van der Waals surface area (Å²) in [5, 5.41) is 8.33. The molecule has 0 unspecified atom stereocenters. The van der Waals surface area contributed by atoms with Gasteiger partial charge in [0, 0.05) is 42.6 Å². The zero-order chi connectivity index (χ0) is 20.5. The molecule has 2 aromatic carbocycles. The molecule has 0 radical (unpaired) electrons. The molecule has 0 spiro atoms. The molecule has 7 nitrogen and oxygen atoms in total. The maximum absolute atomic E-state index is 12.3. The fourth-order valence-corrected chi connectivity index (χ4v) is 2.69. The molecule has 0 aliphatic heterocycles. The molecule has 0 fully saturated rings. The molecule has 0 saturated carbocycles. The molecule has 0 atom stereocenters. The number of carbonyl (C=O) groups excluding carboxylic acids is 3. The second-order valence-corrected chi connectivity index (χ2v) is 6.12. The molecule has 7 heteroatoms. The number of nitrogens with zero attached hydrogens (tertiary/aromatic N) is 1. The molecule has 2 rings (SSSR count). The van der Waals surface area contributed by atoms with Gasteiger partial charge in [-0.15, -0.1) is 0 Å². The van der Waals surface area contributed by atoms with Crippen LogP contribution in [0.3, 0.4) is 0 Å². The highest BCUT2D eigenvalue weighted by atomic mass is 16.2. The monoisotopic (exact) mass is 382 g/mol. The summed E-state index contributed by atoms with van der Waals surface area (Å²) < 4.78 is 0. The summed E-state index contributed by atoms with van der Waals surface area (Å²) in [6.07, 6.45) is 0. The van der Waals surface area contributed by atoms with Crippen molar-refractivity contribution in [3.63, 3.8) is 0 Å². The maximum atomic E-state index is 12.3. The van der Waals surface area contributed by atoms with Crippen LogP contribution in [0.25, 0.3) is 0 Å². The predicted molar refractivity (Wildman–Crippen MR) is 111 cm³/mol. The molecule has 3 N–H and O–H groups in total. The Kier molecular flexibility index (Phi) is 7.56.